The van der Waals surface area contributed by atoms with E-state index in [1.54, 1.807) is 6.07 Å². The van der Waals surface area contributed by atoms with Gasteiger partial charge < -0.3 is 0 Å². The molecule has 148 valence electrons. The van der Waals surface area contributed by atoms with E-state index >= 15 is 0 Å². The first kappa shape index (κ1) is 18.0. The number of hydrogen-bond acceptors (Lipinski definition) is 6. The van der Waals surface area contributed by atoms with Crippen LogP contribution in [0.1, 0.15) is 24.9 Å². The molecule has 8 nitrogen and oxygen atoms in total. The number of anilines is 1. The Labute approximate surface area is 167 Å². The van der Waals surface area contributed by atoms with Crippen LogP contribution >= 0.6 is 0 Å². The van der Waals surface area contributed by atoms with Crippen LogP contribution in [0.3, 0.4) is 0 Å². The number of carbonyl (C=O) groups excluding carboxylic acids is 2. The van der Waals surface area contributed by atoms with Crippen LogP contribution in [-0.4, -0.2) is 45.4 Å². The lowest BCUT2D eigenvalue weighted by molar-refractivity contribution is -0.384. The minimum absolute atomic E-state index is 0.146. The van der Waals surface area contributed by atoms with Crippen molar-refractivity contribution in [2.45, 2.75) is 24.9 Å². The van der Waals surface area contributed by atoms with E-state index in [-0.39, 0.29) is 29.2 Å². The highest BCUT2D eigenvalue weighted by molar-refractivity contribution is 6.26. The highest BCUT2D eigenvalue weighted by Gasteiger charge is 2.70. The van der Waals surface area contributed by atoms with Gasteiger partial charge in [0.25, 0.3) is 11.6 Å². The van der Waals surface area contributed by atoms with Gasteiger partial charge in [-0.05, 0) is 25.0 Å². The van der Waals surface area contributed by atoms with Crippen molar-refractivity contribution < 1.29 is 14.5 Å². The van der Waals surface area contributed by atoms with E-state index < -0.39 is 16.4 Å². The Morgan fingerprint density at radius 1 is 1.07 bits per heavy atom. The molecule has 0 radical (unpaired) electrons. The summed E-state index contributed by atoms with van der Waals surface area (Å²) in [5.74, 6) is -1.20. The summed E-state index contributed by atoms with van der Waals surface area (Å²) in [4.78, 5) is 39.0. The predicted molar refractivity (Wildman–Crippen MR) is 105 cm³/mol. The maximum atomic E-state index is 13.6. The number of nitro groups is 1. The molecule has 29 heavy (non-hydrogen) atoms. The third-order valence-corrected chi connectivity index (χ3v) is 6.41. The number of fused-ring (bicyclic) bond motifs is 3. The van der Waals surface area contributed by atoms with Crippen LogP contribution in [0.5, 0.6) is 0 Å². The highest BCUT2D eigenvalue weighted by Crippen LogP contribution is 2.54. The van der Waals surface area contributed by atoms with Gasteiger partial charge in [-0.2, -0.15) is 0 Å². The molecule has 2 amide bonds. The van der Waals surface area contributed by atoms with Gasteiger partial charge in [0.05, 0.1) is 22.6 Å². The average Bonchev–Trinajstić information content (AvgIpc) is 3.35. The minimum atomic E-state index is -1.00. The standard InChI is InChI=1S/C21H20N4O4/c1-21-17(18(14-7-3-2-4-8-14)22-11-6-12-23(21)22)19(26)24(20(21)27)15-9-5-10-16(13-15)25(28)29/h2-5,7-10,13,17-18H,6,11-12H2,1H3/t17-,18-,21+/m1/s1. The first-order chi connectivity index (χ1) is 13.9. The number of hydrogen-bond donors (Lipinski definition) is 0. The largest absolute Gasteiger partial charge is 0.274 e. The number of nitrogens with zero attached hydrogens (tertiary/aromatic N) is 4. The average molecular weight is 392 g/mol. The van der Waals surface area contributed by atoms with Gasteiger partial charge in [-0.3, -0.25) is 19.7 Å². The molecule has 3 saturated heterocycles. The number of imide groups is 1. The first-order valence-corrected chi connectivity index (χ1v) is 9.66. The van der Waals surface area contributed by atoms with Crippen LogP contribution in [0.25, 0.3) is 0 Å². The number of hydrazine groups is 1. The van der Waals surface area contributed by atoms with Crippen LogP contribution < -0.4 is 4.90 Å². The lowest BCUT2D eigenvalue weighted by atomic mass is 9.81. The van der Waals surface area contributed by atoms with Crippen molar-refractivity contribution in [2.24, 2.45) is 5.92 Å². The topological polar surface area (TPSA) is 87.0 Å². The quantitative estimate of drug-likeness (QED) is 0.453. The van der Waals surface area contributed by atoms with E-state index in [2.05, 4.69) is 5.01 Å². The Kier molecular flexibility index (Phi) is 3.84. The maximum Gasteiger partial charge on any atom is 0.271 e. The molecule has 2 aromatic carbocycles. The summed E-state index contributed by atoms with van der Waals surface area (Å²) in [6.45, 7) is 3.33. The zero-order valence-electron chi connectivity index (χ0n) is 15.9. The van der Waals surface area contributed by atoms with Gasteiger partial charge in [-0.1, -0.05) is 36.4 Å². The van der Waals surface area contributed by atoms with Crippen LogP contribution in [0.4, 0.5) is 11.4 Å². The van der Waals surface area contributed by atoms with Crippen LogP contribution in [0, 0.1) is 16.0 Å². The lowest BCUT2D eigenvalue weighted by Crippen LogP contribution is -2.52. The first-order valence-electron chi connectivity index (χ1n) is 9.66. The molecule has 0 unspecified atom stereocenters. The van der Waals surface area contributed by atoms with Gasteiger partial charge in [0, 0.05) is 25.2 Å². The Balaban J connectivity index is 1.63. The van der Waals surface area contributed by atoms with Crippen LogP contribution in [-0.2, 0) is 9.59 Å². The van der Waals surface area contributed by atoms with E-state index in [1.165, 1.54) is 18.2 Å². The van der Waals surface area contributed by atoms with Gasteiger partial charge >= 0.3 is 0 Å². The van der Waals surface area contributed by atoms with Crippen molar-refractivity contribution in [3.63, 3.8) is 0 Å². The van der Waals surface area contributed by atoms with Crippen LogP contribution in [0.15, 0.2) is 54.6 Å². The lowest BCUT2D eigenvalue weighted by Gasteiger charge is -2.33. The Morgan fingerprint density at radius 2 is 1.83 bits per heavy atom. The molecule has 0 saturated carbocycles. The number of benzene rings is 2. The van der Waals surface area contributed by atoms with Gasteiger partial charge in [-0.25, -0.2) is 14.9 Å². The van der Waals surface area contributed by atoms with Gasteiger partial charge in [0.15, 0.2) is 0 Å². The fraction of sp³-hybridized carbons (Fsp3) is 0.333. The van der Waals surface area contributed by atoms with Crippen molar-refractivity contribution >= 4 is 23.2 Å². The van der Waals surface area contributed by atoms with Crippen molar-refractivity contribution in [3.8, 4) is 0 Å². The van der Waals surface area contributed by atoms with E-state index in [1.807, 2.05) is 42.3 Å². The summed E-state index contributed by atoms with van der Waals surface area (Å²) in [6, 6.07) is 15.3. The zero-order valence-corrected chi connectivity index (χ0v) is 15.9. The molecule has 5 rings (SSSR count). The second kappa shape index (κ2) is 6.20. The summed E-state index contributed by atoms with van der Waals surface area (Å²) < 4.78 is 0. The van der Waals surface area contributed by atoms with E-state index in [4.69, 9.17) is 0 Å². The van der Waals surface area contributed by atoms with E-state index in [9.17, 15) is 19.7 Å². The Morgan fingerprint density at radius 3 is 2.55 bits per heavy atom. The van der Waals surface area contributed by atoms with Gasteiger partial charge in [0.2, 0.25) is 5.91 Å². The third-order valence-electron chi connectivity index (χ3n) is 6.41. The number of carbonyl (C=O) groups is 2. The molecule has 2 aromatic rings. The highest BCUT2D eigenvalue weighted by atomic mass is 16.6. The van der Waals surface area contributed by atoms with E-state index in [0.29, 0.717) is 6.54 Å². The molecule has 3 aliphatic rings. The van der Waals surface area contributed by atoms with Gasteiger partial charge in [-0.15, -0.1) is 0 Å². The molecule has 0 N–H and O–H groups in total. The van der Waals surface area contributed by atoms with Gasteiger partial charge in [0.1, 0.15) is 5.54 Å². The second-order valence-corrected chi connectivity index (χ2v) is 7.88. The molecule has 3 heterocycles. The summed E-state index contributed by atoms with van der Waals surface area (Å²) in [7, 11) is 0. The summed E-state index contributed by atoms with van der Waals surface area (Å²) in [5.41, 5.74) is 0.101. The fourth-order valence-corrected chi connectivity index (χ4v) is 5.15. The number of nitro benzene ring substituents is 1. The molecule has 0 spiro atoms. The van der Waals surface area contributed by atoms with Crippen molar-refractivity contribution in [1.82, 2.24) is 10.0 Å². The predicted octanol–water partition coefficient (Wildman–Crippen LogP) is 2.52. The second-order valence-electron chi connectivity index (χ2n) is 7.88. The summed E-state index contributed by atoms with van der Waals surface area (Å²) >= 11 is 0. The third kappa shape index (κ3) is 2.33. The zero-order chi connectivity index (χ0) is 20.3. The number of rotatable bonds is 3. The molecule has 3 aliphatic heterocycles. The molecule has 0 aliphatic carbocycles. The fourth-order valence-electron chi connectivity index (χ4n) is 5.15. The number of amides is 2. The molecule has 3 fully saturated rings. The smallest absolute Gasteiger partial charge is 0.271 e. The molecule has 3 atom stereocenters. The normalized spacial score (nSPS) is 29.3. The van der Waals surface area contributed by atoms with Crippen molar-refractivity contribution in [1.29, 1.82) is 0 Å². The molecule has 0 bridgehead atoms. The van der Waals surface area contributed by atoms with Crippen molar-refractivity contribution in [3.05, 3.63) is 70.3 Å². The SMILES string of the molecule is C[C@@]12C(=O)N(c3cccc([N+](=O)[O-])c3)C(=O)[C@H]1[C@@H](c1ccccc1)N1CCCN12. The summed E-state index contributed by atoms with van der Waals surface area (Å²) in [5, 5.41) is 15.4. The van der Waals surface area contributed by atoms with Crippen LogP contribution in [0.2, 0.25) is 0 Å². The molecule has 0 aromatic heterocycles. The Hall–Kier alpha value is -3.10. The Bertz CT molecular complexity index is 1030. The summed E-state index contributed by atoms with van der Waals surface area (Å²) in [6.07, 6.45) is 0.921. The molecule has 8 heteroatoms. The maximum absolute atomic E-state index is 13.6. The molecular weight excluding hydrogens is 372 g/mol. The van der Waals surface area contributed by atoms with Crippen molar-refractivity contribution in [2.75, 3.05) is 18.0 Å². The monoisotopic (exact) mass is 392 g/mol. The van der Waals surface area contributed by atoms with E-state index in [0.717, 1.165) is 23.4 Å². The number of non-ortho nitro benzene ring substituents is 1. The minimum Gasteiger partial charge on any atom is -0.274 e. The molecular formula is C21H20N4O4.